The van der Waals surface area contributed by atoms with Gasteiger partial charge < -0.3 is 14.6 Å². The van der Waals surface area contributed by atoms with E-state index in [2.05, 4.69) is 49.1 Å². The van der Waals surface area contributed by atoms with Crippen LogP contribution in [0.3, 0.4) is 0 Å². The fraction of sp³-hybridized carbons (Fsp3) is 0.667. The summed E-state index contributed by atoms with van der Waals surface area (Å²) < 4.78 is 6.59. The minimum Gasteiger partial charge on any atom is -0.413 e. The fourth-order valence-electron chi connectivity index (χ4n) is 2.81. The molecule has 0 radical (unpaired) electrons. The minimum absolute atomic E-state index is 0.0224. The smallest absolute Gasteiger partial charge is 0.227 e. The first kappa shape index (κ1) is 18.9. The molecule has 6 heteroatoms. The van der Waals surface area contributed by atoms with Crippen molar-refractivity contribution in [2.24, 2.45) is 5.92 Å². The van der Waals surface area contributed by atoms with E-state index in [0.717, 1.165) is 18.8 Å². The van der Waals surface area contributed by atoms with E-state index in [1.54, 1.807) is 13.2 Å². The van der Waals surface area contributed by atoms with Crippen LogP contribution >= 0.6 is 0 Å². The second-order valence-corrected chi connectivity index (χ2v) is 12.8. The number of amides is 1. The number of nitrogens with zero attached hydrogens (tertiary/aromatic N) is 2. The third-order valence-electron chi connectivity index (χ3n) is 5.36. The molecule has 134 valence electrons. The third-order valence-corrected chi connectivity index (χ3v) is 9.86. The molecule has 1 amide bonds. The lowest BCUT2D eigenvalue weighted by Crippen LogP contribution is -2.55. The number of nitrogens with one attached hydrogen (secondary N) is 1. The maximum Gasteiger partial charge on any atom is 0.227 e. The molecule has 2 unspecified atom stereocenters. The standard InChI is InChI=1S/C18H31N3O2Si/c1-18(2,3)24(5,6)23-15-10-12-21(13-14(15)17(22)19-4)16-9-7-8-11-20-16/h7-9,11,14-15H,10,12-13H2,1-6H3,(H,19,22). The monoisotopic (exact) mass is 349 g/mol. The number of carbonyl (C=O) groups excluding carboxylic acids is 1. The molecule has 1 aliphatic rings. The van der Waals surface area contributed by atoms with Gasteiger partial charge in [-0.3, -0.25) is 4.79 Å². The number of pyridine rings is 1. The highest BCUT2D eigenvalue weighted by atomic mass is 28.4. The Morgan fingerprint density at radius 1 is 1.38 bits per heavy atom. The molecule has 5 nitrogen and oxygen atoms in total. The van der Waals surface area contributed by atoms with E-state index in [1.165, 1.54) is 0 Å². The number of carbonyl (C=O) groups is 1. The van der Waals surface area contributed by atoms with Gasteiger partial charge in [0.2, 0.25) is 5.91 Å². The highest BCUT2D eigenvalue weighted by Gasteiger charge is 2.43. The largest absolute Gasteiger partial charge is 0.413 e. The molecule has 0 spiro atoms. The maximum absolute atomic E-state index is 12.5. The molecule has 1 fully saturated rings. The molecular formula is C18H31N3O2Si. The minimum atomic E-state index is -1.91. The predicted molar refractivity (Wildman–Crippen MR) is 101 cm³/mol. The molecule has 0 bridgehead atoms. The molecule has 1 aromatic heterocycles. The van der Waals surface area contributed by atoms with Crippen molar-refractivity contribution in [3.05, 3.63) is 24.4 Å². The van der Waals surface area contributed by atoms with Gasteiger partial charge in [0.25, 0.3) is 0 Å². The van der Waals surface area contributed by atoms with Gasteiger partial charge in [0.1, 0.15) is 5.82 Å². The lowest BCUT2D eigenvalue weighted by molar-refractivity contribution is -0.128. The molecule has 0 aromatic carbocycles. The van der Waals surface area contributed by atoms with Gasteiger partial charge in [0, 0.05) is 26.3 Å². The second-order valence-electron chi connectivity index (χ2n) is 8.06. The van der Waals surface area contributed by atoms with Crippen molar-refractivity contribution in [2.75, 3.05) is 25.0 Å². The number of hydrogen-bond donors (Lipinski definition) is 1. The summed E-state index contributed by atoms with van der Waals surface area (Å²) in [6.45, 7) is 12.7. The SMILES string of the molecule is CNC(=O)C1CN(c2ccccn2)CCC1O[Si](C)(C)C(C)(C)C. The average molecular weight is 350 g/mol. The fourth-order valence-corrected chi connectivity index (χ4v) is 4.21. The Bertz CT molecular complexity index is 557. The zero-order chi connectivity index (χ0) is 18.0. The van der Waals surface area contributed by atoms with Gasteiger partial charge >= 0.3 is 0 Å². The molecule has 1 saturated heterocycles. The summed E-state index contributed by atoms with van der Waals surface area (Å²) in [6, 6.07) is 5.89. The average Bonchev–Trinajstić information content (AvgIpc) is 2.54. The maximum atomic E-state index is 12.5. The van der Waals surface area contributed by atoms with Crippen molar-refractivity contribution in [3.63, 3.8) is 0 Å². The zero-order valence-electron chi connectivity index (χ0n) is 15.8. The molecule has 1 N–H and O–H groups in total. The highest BCUT2D eigenvalue weighted by molar-refractivity contribution is 6.74. The van der Waals surface area contributed by atoms with Crippen LogP contribution in [0.5, 0.6) is 0 Å². The summed E-state index contributed by atoms with van der Waals surface area (Å²) in [7, 11) is -0.208. The second kappa shape index (κ2) is 7.23. The number of aromatic nitrogens is 1. The molecule has 0 saturated carbocycles. The van der Waals surface area contributed by atoms with E-state index in [9.17, 15) is 4.79 Å². The van der Waals surface area contributed by atoms with Crippen LogP contribution in [0.2, 0.25) is 18.1 Å². The normalized spacial score (nSPS) is 22.3. The number of rotatable bonds is 4. The molecule has 1 aromatic rings. The summed E-state index contributed by atoms with van der Waals surface area (Å²) in [5, 5.41) is 2.95. The first-order valence-corrected chi connectivity index (χ1v) is 11.6. The van der Waals surface area contributed by atoms with E-state index in [-0.39, 0.29) is 23.0 Å². The van der Waals surface area contributed by atoms with Crippen LogP contribution < -0.4 is 10.2 Å². The molecule has 2 atom stereocenters. The topological polar surface area (TPSA) is 54.5 Å². The van der Waals surface area contributed by atoms with Crippen LogP contribution in [0.4, 0.5) is 5.82 Å². The van der Waals surface area contributed by atoms with Crippen LogP contribution in [0.15, 0.2) is 24.4 Å². The molecular weight excluding hydrogens is 318 g/mol. The summed E-state index contributed by atoms with van der Waals surface area (Å²) in [4.78, 5) is 19.1. The third kappa shape index (κ3) is 4.16. The van der Waals surface area contributed by atoms with E-state index >= 15 is 0 Å². The van der Waals surface area contributed by atoms with Crippen LogP contribution in [0.1, 0.15) is 27.2 Å². The lowest BCUT2D eigenvalue weighted by Gasteiger charge is -2.44. The van der Waals surface area contributed by atoms with E-state index in [1.807, 2.05) is 18.2 Å². The van der Waals surface area contributed by atoms with Gasteiger partial charge in [-0.2, -0.15) is 0 Å². The Morgan fingerprint density at radius 3 is 2.62 bits per heavy atom. The van der Waals surface area contributed by atoms with E-state index in [0.29, 0.717) is 6.54 Å². The first-order valence-electron chi connectivity index (χ1n) is 8.71. The lowest BCUT2D eigenvalue weighted by atomic mass is 9.94. The Balaban J connectivity index is 2.17. The van der Waals surface area contributed by atoms with Gasteiger partial charge in [0.05, 0.1) is 12.0 Å². The van der Waals surface area contributed by atoms with Crippen molar-refractivity contribution < 1.29 is 9.22 Å². The van der Waals surface area contributed by atoms with Crippen LogP contribution in [-0.4, -0.2) is 45.4 Å². The Kier molecular flexibility index (Phi) is 5.70. The van der Waals surface area contributed by atoms with Gasteiger partial charge in [-0.15, -0.1) is 0 Å². The number of piperidine rings is 1. The molecule has 1 aliphatic heterocycles. The summed E-state index contributed by atoms with van der Waals surface area (Å²) >= 11 is 0. The van der Waals surface area contributed by atoms with Crippen LogP contribution in [-0.2, 0) is 9.22 Å². The number of hydrogen-bond acceptors (Lipinski definition) is 4. The predicted octanol–water partition coefficient (Wildman–Crippen LogP) is 3.04. The van der Waals surface area contributed by atoms with Gasteiger partial charge in [-0.05, 0) is 36.7 Å². The van der Waals surface area contributed by atoms with Crippen molar-refractivity contribution >= 4 is 20.0 Å². The van der Waals surface area contributed by atoms with Gasteiger partial charge in [0.15, 0.2) is 8.32 Å². The van der Waals surface area contributed by atoms with Crippen molar-refractivity contribution in [1.29, 1.82) is 0 Å². The van der Waals surface area contributed by atoms with Crippen molar-refractivity contribution in [3.8, 4) is 0 Å². The highest BCUT2D eigenvalue weighted by Crippen LogP contribution is 2.39. The van der Waals surface area contributed by atoms with Crippen LogP contribution in [0, 0.1) is 5.92 Å². The van der Waals surface area contributed by atoms with Gasteiger partial charge in [-0.1, -0.05) is 26.8 Å². The van der Waals surface area contributed by atoms with E-state index in [4.69, 9.17) is 4.43 Å². The summed E-state index contributed by atoms with van der Waals surface area (Å²) in [5.74, 6) is 0.816. The van der Waals surface area contributed by atoms with E-state index < -0.39 is 8.32 Å². The molecule has 0 aliphatic carbocycles. The van der Waals surface area contributed by atoms with Gasteiger partial charge in [-0.25, -0.2) is 4.98 Å². The molecule has 2 rings (SSSR count). The first-order chi connectivity index (χ1) is 11.2. The summed E-state index contributed by atoms with van der Waals surface area (Å²) in [5.41, 5.74) is 0. The Hall–Kier alpha value is -1.40. The quantitative estimate of drug-likeness (QED) is 0.849. The zero-order valence-corrected chi connectivity index (χ0v) is 16.8. The molecule has 24 heavy (non-hydrogen) atoms. The Morgan fingerprint density at radius 2 is 2.08 bits per heavy atom. The Labute approximate surface area is 146 Å². The van der Waals surface area contributed by atoms with Crippen molar-refractivity contribution in [2.45, 2.75) is 51.4 Å². The number of anilines is 1. The van der Waals surface area contributed by atoms with Crippen LogP contribution in [0.25, 0.3) is 0 Å². The molecule has 2 heterocycles. The summed E-state index contributed by atoms with van der Waals surface area (Å²) in [6.07, 6.45) is 2.62. The van der Waals surface area contributed by atoms with Crippen molar-refractivity contribution in [1.82, 2.24) is 10.3 Å².